The molecule has 1 unspecified atom stereocenters. The highest BCUT2D eigenvalue weighted by molar-refractivity contribution is 6.02. The van der Waals surface area contributed by atoms with Gasteiger partial charge in [-0.3, -0.25) is 9.89 Å². The molecule has 1 saturated heterocycles. The van der Waals surface area contributed by atoms with Crippen molar-refractivity contribution in [2.24, 2.45) is 4.99 Å². The molecule has 0 saturated carbocycles. The first-order valence-corrected chi connectivity index (χ1v) is 13.5. The third-order valence-corrected chi connectivity index (χ3v) is 7.47. The Hall–Kier alpha value is -3.19. The van der Waals surface area contributed by atoms with E-state index < -0.39 is 11.6 Å². The number of anilines is 1. The summed E-state index contributed by atoms with van der Waals surface area (Å²) >= 11 is 0. The van der Waals surface area contributed by atoms with Crippen LogP contribution in [-0.4, -0.2) is 53.3 Å². The standard InChI is InChI=1S/C30H35F2N5/c1-2-3-4-5-15-36-16-18-37(19-17-36)30-33-20-24(21-34-30)22-9-11-23(12-10-22)27-13-14-28(35-27)29-25(31)7-6-8-26(29)32/h6-12,20-21,27H,2-5,13-19H2,1H3. The summed E-state index contributed by atoms with van der Waals surface area (Å²) in [4.78, 5) is 18.8. The topological polar surface area (TPSA) is 44.6 Å². The smallest absolute Gasteiger partial charge is 0.225 e. The molecular weight excluding hydrogens is 468 g/mol. The maximum atomic E-state index is 14.2. The summed E-state index contributed by atoms with van der Waals surface area (Å²) in [7, 11) is 0. The average molecular weight is 504 g/mol. The zero-order valence-electron chi connectivity index (χ0n) is 21.5. The second-order valence-electron chi connectivity index (χ2n) is 10.0. The number of halogens is 2. The molecule has 5 rings (SSSR count). The van der Waals surface area contributed by atoms with E-state index in [1.165, 1.54) is 50.4 Å². The van der Waals surface area contributed by atoms with Crippen LogP contribution in [0.1, 0.15) is 62.6 Å². The summed E-state index contributed by atoms with van der Waals surface area (Å²) in [6.07, 6.45) is 10.3. The zero-order valence-corrected chi connectivity index (χ0v) is 21.5. The Morgan fingerprint density at radius 1 is 0.838 bits per heavy atom. The van der Waals surface area contributed by atoms with Crippen molar-refractivity contribution in [1.82, 2.24) is 14.9 Å². The van der Waals surface area contributed by atoms with Crippen LogP contribution < -0.4 is 4.90 Å². The van der Waals surface area contributed by atoms with E-state index in [1.54, 1.807) is 0 Å². The molecule has 0 N–H and O–H groups in total. The van der Waals surface area contributed by atoms with Gasteiger partial charge in [0, 0.05) is 49.8 Å². The van der Waals surface area contributed by atoms with Crippen LogP contribution in [-0.2, 0) is 0 Å². The fourth-order valence-corrected chi connectivity index (χ4v) is 5.26. The lowest BCUT2D eigenvalue weighted by molar-refractivity contribution is 0.251. The third-order valence-electron chi connectivity index (χ3n) is 7.47. The SMILES string of the molecule is CCCCCCN1CCN(c2ncc(-c3ccc(C4CCC(c5c(F)cccc5F)=N4)cc3)cn2)CC1. The first-order chi connectivity index (χ1) is 18.1. The Balaban J connectivity index is 1.18. The van der Waals surface area contributed by atoms with Gasteiger partial charge in [0.2, 0.25) is 5.95 Å². The van der Waals surface area contributed by atoms with Crippen molar-refractivity contribution in [2.75, 3.05) is 37.6 Å². The van der Waals surface area contributed by atoms with Gasteiger partial charge >= 0.3 is 0 Å². The lowest BCUT2D eigenvalue weighted by Gasteiger charge is -2.34. The van der Waals surface area contributed by atoms with E-state index in [1.807, 2.05) is 36.7 Å². The molecule has 0 bridgehead atoms. The molecule has 5 nitrogen and oxygen atoms in total. The minimum atomic E-state index is -0.553. The quantitative estimate of drug-likeness (QED) is 0.315. The summed E-state index contributed by atoms with van der Waals surface area (Å²) in [6, 6.07) is 12.0. The van der Waals surface area contributed by atoms with Gasteiger partial charge in [0.1, 0.15) is 11.6 Å². The largest absolute Gasteiger partial charge is 0.338 e. The molecule has 0 amide bonds. The summed E-state index contributed by atoms with van der Waals surface area (Å²) in [5.41, 5.74) is 3.56. The molecule has 37 heavy (non-hydrogen) atoms. The summed E-state index contributed by atoms with van der Waals surface area (Å²) < 4.78 is 28.3. The minimum absolute atomic E-state index is 0.00671. The van der Waals surface area contributed by atoms with Gasteiger partial charge in [-0.05, 0) is 49.1 Å². The van der Waals surface area contributed by atoms with Crippen LogP contribution in [0.25, 0.3) is 11.1 Å². The number of rotatable bonds is 9. The summed E-state index contributed by atoms with van der Waals surface area (Å²) in [5, 5.41) is 0. The van der Waals surface area contributed by atoms with Gasteiger partial charge in [-0.1, -0.05) is 56.5 Å². The second-order valence-corrected chi connectivity index (χ2v) is 10.0. The van der Waals surface area contributed by atoms with Crippen molar-refractivity contribution in [2.45, 2.75) is 51.5 Å². The van der Waals surface area contributed by atoms with E-state index in [2.05, 4.69) is 31.7 Å². The molecule has 1 atom stereocenters. The molecule has 194 valence electrons. The Morgan fingerprint density at radius 3 is 2.22 bits per heavy atom. The van der Waals surface area contributed by atoms with Crippen LogP contribution >= 0.6 is 0 Å². The van der Waals surface area contributed by atoms with Gasteiger partial charge < -0.3 is 4.90 Å². The number of hydrogen-bond acceptors (Lipinski definition) is 5. The van der Waals surface area contributed by atoms with Crippen molar-refractivity contribution in [1.29, 1.82) is 0 Å². The number of hydrogen-bond donors (Lipinski definition) is 0. The average Bonchev–Trinajstić information content (AvgIpc) is 3.41. The number of aliphatic imine (C=N–C) groups is 1. The van der Waals surface area contributed by atoms with E-state index in [9.17, 15) is 8.78 Å². The molecule has 1 fully saturated rings. The van der Waals surface area contributed by atoms with Gasteiger partial charge in [0.05, 0.1) is 11.6 Å². The molecule has 0 aliphatic carbocycles. The number of aromatic nitrogens is 2. The predicted molar refractivity (Wildman–Crippen MR) is 145 cm³/mol. The highest BCUT2D eigenvalue weighted by Gasteiger charge is 2.24. The van der Waals surface area contributed by atoms with Crippen molar-refractivity contribution < 1.29 is 8.78 Å². The van der Waals surface area contributed by atoms with Gasteiger partial charge in [0.15, 0.2) is 0 Å². The molecule has 7 heteroatoms. The van der Waals surface area contributed by atoms with E-state index in [0.29, 0.717) is 12.1 Å². The van der Waals surface area contributed by atoms with Crippen LogP contribution in [0.2, 0.25) is 0 Å². The molecule has 3 heterocycles. The number of piperazine rings is 1. The Labute approximate surface area is 218 Å². The maximum absolute atomic E-state index is 14.2. The molecule has 0 radical (unpaired) electrons. The minimum Gasteiger partial charge on any atom is -0.338 e. The monoisotopic (exact) mass is 503 g/mol. The Morgan fingerprint density at radius 2 is 1.54 bits per heavy atom. The lowest BCUT2D eigenvalue weighted by atomic mass is 10.0. The van der Waals surface area contributed by atoms with Gasteiger partial charge in [-0.25, -0.2) is 18.7 Å². The molecule has 2 aliphatic rings. The number of nitrogens with zero attached hydrogens (tertiary/aromatic N) is 5. The normalized spacial score (nSPS) is 18.3. The van der Waals surface area contributed by atoms with Crippen molar-refractivity contribution in [3.63, 3.8) is 0 Å². The van der Waals surface area contributed by atoms with Gasteiger partial charge in [0.25, 0.3) is 0 Å². The highest BCUT2D eigenvalue weighted by atomic mass is 19.1. The van der Waals surface area contributed by atoms with Crippen LogP contribution in [0.5, 0.6) is 0 Å². The van der Waals surface area contributed by atoms with Crippen LogP contribution in [0.4, 0.5) is 14.7 Å². The fraction of sp³-hybridized carbons (Fsp3) is 0.433. The van der Waals surface area contributed by atoms with E-state index >= 15 is 0 Å². The number of benzene rings is 2. The summed E-state index contributed by atoms with van der Waals surface area (Å²) in [5.74, 6) is -0.316. The molecular formula is C30H35F2N5. The summed E-state index contributed by atoms with van der Waals surface area (Å²) in [6.45, 7) is 7.49. The van der Waals surface area contributed by atoms with Crippen molar-refractivity contribution in [3.05, 3.63) is 77.6 Å². The molecule has 2 aliphatic heterocycles. The maximum Gasteiger partial charge on any atom is 0.225 e. The second kappa shape index (κ2) is 11.9. The van der Waals surface area contributed by atoms with Crippen LogP contribution in [0, 0.1) is 11.6 Å². The lowest BCUT2D eigenvalue weighted by Crippen LogP contribution is -2.47. The molecule has 3 aromatic rings. The fourth-order valence-electron chi connectivity index (χ4n) is 5.26. The third kappa shape index (κ3) is 6.04. The van der Waals surface area contributed by atoms with E-state index in [0.717, 1.165) is 55.2 Å². The molecule has 0 spiro atoms. The van der Waals surface area contributed by atoms with Crippen molar-refractivity contribution >= 4 is 11.7 Å². The highest BCUT2D eigenvalue weighted by Crippen LogP contribution is 2.33. The first kappa shape index (κ1) is 25.5. The Kier molecular flexibility index (Phi) is 8.19. The first-order valence-electron chi connectivity index (χ1n) is 13.5. The Bertz CT molecular complexity index is 1180. The molecule has 2 aromatic carbocycles. The van der Waals surface area contributed by atoms with Crippen molar-refractivity contribution in [3.8, 4) is 11.1 Å². The van der Waals surface area contributed by atoms with Gasteiger partial charge in [-0.2, -0.15) is 0 Å². The predicted octanol–water partition coefficient (Wildman–Crippen LogP) is 6.45. The van der Waals surface area contributed by atoms with Crippen LogP contribution in [0.3, 0.4) is 0 Å². The molecule has 1 aromatic heterocycles. The van der Waals surface area contributed by atoms with Crippen LogP contribution in [0.15, 0.2) is 59.9 Å². The van der Waals surface area contributed by atoms with E-state index in [-0.39, 0.29) is 11.6 Å². The number of unbranched alkanes of at least 4 members (excludes halogenated alkanes) is 3. The zero-order chi connectivity index (χ0) is 25.6. The van der Waals surface area contributed by atoms with Gasteiger partial charge in [-0.15, -0.1) is 0 Å². The van der Waals surface area contributed by atoms with E-state index in [4.69, 9.17) is 0 Å².